The number of hydrogen-bond acceptors (Lipinski definition) is 0. The summed E-state index contributed by atoms with van der Waals surface area (Å²) in [4.78, 5) is 0. The fourth-order valence-electron chi connectivity index (χ4n) is 0.340. The summed E-state index contributed by atoms with van der Waals surface area (Å²) in [6, 6.07) is 0. The molecule has 0 aliphatic rings. The Bertz CT molecular complexity index is 78.6. The number of halogens is 1. The van der Waals surface area contributed by atoms with Crippen LogP contribution in [0.3, 0.4) is 0 Å². The maximum atomic E-state index is 3.62. The predicted molar refractivity (Wildman–Crippen MR) is 48.5 cm³/mol. The van der Waals surface area contributed by atoms with Gasteiger partial charge in [0.15, 0.2) is 0 Å². The van der Waals surface area contributed by atoms with Gasteiger partial charge < -0.3 is 0 Å². The van der Waals surface area contributed by atoms with Crippen LogP contribution in [0, 0.1) is 0 Å². The average molecular weight is 323 g/mol. The molecular weight excluding hydrogens is 314 g/mol. The molecule has 0 saturated heterocycles. The molecule has 0 nitrogen and oxygen atoms in total. The van der Waals surface area contributed by atoms with Crippen molar-refractivity contribution in [3.05, 3.63) is 24.8 Å². The van der Waals surface area contributed by atoms with Gasteiger partial charge in [-0.05, 0) is 0 Å². The van der Waals surface area contributed by atoms with Gasteiger partial charge >= 0.3 is 72.3 Å². The van der Waals surface area contributed by atoms with Crippen LogP contribution in [-0.2, 0) is 0 Å². The predicted octanol–water partition coefficient (Wildman–Crippen LogP) is 2.59. The SMILES string of the molecule is C=CC/C=C/[CH2][In][I]. The van der Waals surface area contributed by atoms with Gasteiger partial charge in [0.25, 0.3) is 0 Å². The number of hydrogen-bond donors (Lipinski definition) is 0. The molecule has 0 fully saturated rings. The molecule has 1 radical (unpaired) electrons. The van der Waals surface area contributed by atoms with Crippen molar-refractivity contribution in [1.29, 1.82) is 0 Å². The second kappa shape index (κ2) is 8.08. The van der Waals surface area contributed by atoms with E-state index in [2.05, 4.69) is 36.9 Å². The molecule has 0 saturated carbocycles. The third kappa shape index (κ3) is 7.08. The number of rotatable bonds is 4. The molecule has 0 aromatic rings. The Balaban J connectivity index is 2.94. The van der Waals surface area contributed by atoms with Crippen LogP contribution in [0.2, 0.25) is 4.18 Å². The van der Waals surface area contributed by atoms with Crippen molar-refractivity contribution >= 4 is 36.9 Å². The van der Waals surface area contributed by atoms with Crippen LogP contribution in [-0.4, -0.2) is 18.8 Å². The van der Waals surface area contributed by atoms with Crippen LogP contribution in [0.1, 0.15) is 6.42 Å². The minimum absolute atomic E-state index is 0.125. The van der Waals surface area contributed by atoms with E-state index in [9.17, 15) is 0 Å². The second-order valence-electron chi connectivity index (χ2n) is 1.39. The summed E-state index contributed by atoms with van der Waals surface area (Å²) in [6.45, 7) is 3.62. The summed E-state index contributed by atoms with van der Waals surface area (Å²) in [5, 5.41) is 0. The molecule has 0 aliphatic heterocycles. The van der Waals surface area contributed by atoms with Gasteiger partial charge in [0.1, 0.15) is 0 Å². The van der Waals surface area contributed by atoms with Gasteiger partial charge in [-0.15, -0.1) is 0 Å². The van der Waals surface area contributed by atoms with Crippen LogP contribution < -0.4 is 0 Å². The summed E-state index contributed by atoms with van der Waals surface area (Å²) < 4.78 is 1.38. The molecular formula is C6H9IIn. The quantitative estimate of drug-likeness (QED) is 0.551. The Morgan fingerprint density at radius 1 is 1.50 bits per heavy atom. The molecule has 0 aliphatic carbocycles. The monoisotopic (exact) mass is 323 g/mol. The van der Waals surface area contributed by atoms with E-state index in [0.717, 1.165) is 6.42 Å². The third-order valence-electron chi connectivity index (χ3n) is 0.695. The summed E-state index contributed by atoms with van der Waals surface area (Å²) in [7, 11) is 0. The molecule has 0 amide bonds. The van der Waals surface area contributed by atoms with Gasteiger partial charge in [-0.3, -0.25) is 0 Å². The standard InChI is InChI=1S/C6H9.HI.In/c1-3-5-6-4-2;;/h3-5H,1-2,6H2;1H;/q;;+1/p-1/b5-3+;;. The van der Waals surface area contributed by atoms with E-state index in [1.54, 1.807) is 0 Å². The van der Waals surface area contributed by atoms with Crippen molar-refractivity contribution in [1.82, 2.24) is 0 Å². The van der Waals surface area contributed by atoms with Gasteiger partial charge in [-0.2, -0.15) is 0 Å². The van der Waals surface area contributed by atoms with Crippen molar-refractivity contribution < 1.29 is 0 Å². The Kier molecular flexibility index (Phi) is 9.17. The van der Waals surface area contributed by atoms with E-state index in [-0.39, 0.29) is 18.8 Å². The van der Waals surface area contributed by atoms with E-state index < -0.39 is 0 Å². The van der Waals surface area contributed by atoms with Gasteiger partial charge in [0.2, 0.25) is 0 Å². The van der Waals surface area contributed by atoms with E-state index in [0.29, 0.717) is 0 Å². The molecule has 0 aromatic carbocycles. The first-order valence-electron chi connectivity index (χ1n) is 2.59. The van der Waals surface area contributed by atoms with Crippen LogP contribution in [0.5, 0.6) is 0 Å². The fraction of sp³-hybridized carbons (Fsp3) is 0.333. The molecule has 0 N–H and O–H groups in total. The molecule has 0 bridgehead atoms. The first kappa shape index (κ1) is 9.08. The van der Waals surface area contributed by atoms with Crippen molar-refractivity contribution in [3.8, 4) is 0 Å². The first-order chi connectivity index (χ1) is 3.91. The van der Waals surface area contributed by atoms with Gasteiger partial charge in [0.05, 0.1) is 0 Å². The van der Waals surface area contributed by atoms with Crippen LogP contribution in [0.4, 0.5) is 0 Å². The molecule has 2 heteroatoms. The molecule has 8 heavy (non-hydrogen) atoms. The van der Waals surface area contributed by atoms with Gasteiger partial charge in [-0.25, -0.2) is 0 Å². The third-order valence-corrected chi connectivity index (χ3v) is 5.39. The van der Waals surface area contributed by atoms with E-state index in [1.165, 1.54) is 4.18 Å². The molecule has 0 aromatic heterocycles. The normalized spacial score (nSPS) is 9.62. The summed E-state index contributed by atoms with van der Waals surface area (Å²) >= 11 is 2.43. The zero-order valence-corrected chi connectivity index (χ0v) is 10.3. The van der Waals surface area contributed by atoms with Gasteiger partial charge in [0, 0.05) is 0 Å². The summed E-state index contributed by atoms with van der Waals surface area (Å²) in [5.74, 6) is 0. The van der Waals surface area contributed by atoms with E-state index in [1.807, 2.05) is 6.08 Å². The summed E-state index contributed by atoms with van der Waals surface area (Å²) in [5.41, 5.74) is 0. The average Bonchev–Trinajstić information content (AvgIpc) is 1.81. The van der Waals surface area contributed by atoms with Crippen molar-refractivity contribution in [2.75, 3.05) is 0 Å². The Morgan fingerprint density at radius 2 is 2.25 bits per heavy atom. The fourth-order valence-corrected chi connectivity index (χ4v) is 3.15. The number of allylic oxidation sites excluding steroid dienone is 3. The summed E-state index contributed by atoms with van der Waals surface area (Å²) in [6.07, 6.45) is 7.43. The van der Waals surface area contributed by atoms with Crippen molar-refractivity contribution in [3.63, 3.8) is 0 Å². The molecule has 0 heterocycles. The van der Waals surface area contributed by atoms with Crippen LogP contribution in [0.25, 0.3) is 0 Å². The Labute approximate surface area is 71.6 Å². The molecule has 0 unspecified atom stereocenters. The minimum atomic E-state index is -0.125. The Morgan fingerprint density at radius 3 is 2.75 bits per heavy atom. The topological polar surface area (TPSA) is 0 Å². The Hall–Kier alpha value is 1.08. The van der Waals surface area contributed by atoms with Crippen LogP contribution >= 0.6 is 18.1 Å². The molecule has 0 rings (SSSR count). The molecule has 0 spiro atoms. The maximum absolute atomic E-state index is 3.62. The van der Waals surface area contributed by atoms with Gasteiger partial charge in [-0.1, -0.05) is 0 Å². The second-order valence-corrected chi connectivity index (χ2v) is 9.52. The van der Waals surface area contributed by atoms with E-state index >= 15 is 0 Å². The van der Waals surface area contributed by atoms with Crippen molar-refractivity contribution in [2.45, 2.75) is 10.6 Å². The molecule has 43 valence electrons. The molecule has 0 atom stereocenters. The van der Waals surface area contributed by atoms with Crippen molar-refractivity contribution in [2.24, 2.45) is 0 Å². The van der Waals surface area contributed by atoms with Crippen LogP contribution in [0.15, 0.2) is 24.8 Å². The van der Waals surface area contributed by atoms with E-state index in [4.69, 9.17) is 0 Å². The first-order valence-corrected chi connectivity index (χ1v) is 14.5. The zero-order chi connectivity index (χ0) is 6.24. The zero-order valence-electron chi connectivity index (χ0n) is 4.81.